The Kier molecular flexibility index (Phi) is 6.98. The van der Waals surface area contributed by atoms with E-state index in [-0.39, 0.29) is 17.7 Å². The van der Waals surface area contributed by atoms with Crippen LogP contribution in [0.15, 0.2) is 61.2 Å². The molecule has 0 bridgehead atoms. The predicted octanol–water partition coefficient (Wildman–Crippen LogP) is 8.04. The van der Waals surface area contributed by atoms with Crippen molar-refractivity contribution in [2.75, 3.05) is 0 Å². The molecule has 200 valence electrons. The highest BCUT2D eigenvalue weighted by molar-refractivity contribution is 5.73. The van der Waals surface area contributed by atoms with Gasteiger partial charge in [-0.15, -0.1) is 0 Å². The lowest BCUT2D eigenvalue weighted by Gasteiger charge is -2.23. The van der Waals surface area contributed by atoms with Crippen LogP contribution in [0.4, 0.5) is 35.5 Å². The summed E-state index contributed by atoms with van der Waals surface area (Å²) in [5, 5.41) is 0. The summed E-state index contributed by atoms with van der Waals surface area (Å²) in [6.45, 7) is 6.63. The molecule has 0 radical (unpaired) electrons. The number of carbonyl (C=O) groups is 1. The lowest BCUT2D eigenvalue weighted by Crippen LogP contribution is -2.31. The molecule has 3 aromatic rings. The van der Waals surface area contributed by atoms with Gasteiger partial charge in [-0.05, 0) is 73.0 Å². The molecule has 0 N–H and O–H groups in total. The number of hydrogen-bond donors (Lipinski definition) is 0. The molecule has 4 rings (SSSR count). The topological polar surface area (TPSA) is 42.4 Å². The number of benzene rings is 2. The first-order chi connectivity index (χ1) is 17.6. The Morgan fingerprint density at radius 3 is 2.32 bits per heavy atom. The van der Waals surface area contributed by atoms with Crippen LogP contribution in [0.5, 0.6) is 0 Å². The molecule has 2 atom stereocenters. The number of amides is 1. The third kappa shape index (κ3) is 5.51. The van der Waals surface area contributed by atoms with Crippen LogP contribution in [0.3, 0.4) is 0 Å². The van der Waals surface area contributed by atoms with Gasteiger partial charge in [0, 0.05) is 5.56 Å². The van der Waals surface area contributed by atoms with Crippen LogP contribution in [-0.2, 0) is 23.6 Å². The zero-order chi connectivity index (χ0) is 28.0. The van der Waals surface area contributed by atoms with Crippen molar-refractivity contribution in [3.05, 3.63) is 94.9 Å². The highest BCUT2D eigenvalue weighted by Crippen LogP contribution is 2.39. The van der Waals surface area contributed by atoms with Crippen LogP contribution >= 0.6 is 0 Å². The maximum Gasteiger partial charge on any atom is 0.416 e. The summed E-state index contributed by atoms with van der Waals surface area (Å²) in [7, 11) is 0. The quantitative estimate of drug-likeness (QED) is 0.309. The Morgan fingerprint density at radius 1 is 1.00 bits per heavy atom. The highest BCUT2D eigenvalue weighted by Gasteiger charge is 2.42. The van der Waals surface area contributed by atoms with Crippen molar-refractivity contribution < 1.29 is 40.3 Å². The standard InChI is InChI=1S/C27H21F7N2O2/c1-14(2)22-5-4-6-23(35-22)21-8-7-18(26(29,30)31)10-17(21)13-36-15(3)24(38-25(36)37)16-9-19(27(32,33)34)12-20(28)11-16/h4-12,15,24H,1,13H2,2-3H3/t15-,24-/m0/s1. The van der Waals surface area contributed by atoms with E-state index in [1.165, 1.54) is 13.0 Å². The van der Waals surface area contributed by atoms with E-state index in [0.717, 1.165) is 23.1 Å². The van der Waals surface area contributed by atoms with Crippen LogP contribution in [0.1, 0.15) is 47.9 Å². The van der Waals surface area contributed by atoms with E-state index in [0.29, 0.717) is 34.7 Å². The van der Waals surface area contributed by atoms with E-state index >= 15 is 0 Å². The molecule has 2 heterocycles. The molecule has 1 saturated heterocycles. The SMILES string of the molecule is C=C(C)c1cccc(-c2ccc(C(F)(F)F)cc2CN2C(=O)O[C@H](c3cc(F)cc(C(F)(F)F)c3)[C@@H]2C)n1. The minimum Gasteiger partial charge on any atom is -0.439 e. The van der Waals surface area contributed by atoms with Gasteiger partial charge in [-0.2, -0.15) is 26.3 Å². The summed E-state index contributed by atoms with van der Waals surface area (Å²) in [6.07, 6.45) is -11.7. The van der Waals surface area contributed by atoms with Gasteiger partial charge in [0.15, 0.2) is 0 Å². The minimum atomic E-state index is -4.83. The first-order valence-electron chi connectivity index (χ1n) is 11.3. The van der Waals surface area contributed by atoms with E-state index in [9.17, 15) is 35.5 Å². The van der Waals surface area contributed by atoms with Gasteiger partial charge < -0.3 is 4.74 Å². The Hall–Kier alpha value is -3.89. The number of rotatable bonds is 5. The van der Waals surface area contributed by atoms with E-state index in [1.807, 2.05) is 0 Å². The van der Waals surface area contributed by atoms with Crippen LogP contribution in [-0.4, -0.2) is 22.0 Å². The number of alkyl halides is 6. The lowest BCUT2D eigenvalue weighted by atomic mass is 9.97. The van der Waals surface area contributed by atoms with Gasteiger partial charge >= 0.3 is 18.4 Å². The molecule has 0 spiro atoms. The van der Waals surface area contributed by atoms with Crippen LogP contribution in [0.2, 0.25) is 0 Å². The number of carbonyl (C=O) groups excluding carboxylic acids is 1. The van der Waals surface area contributed by atoms with Gasteiger partial charge in [-0.25, -0.2) is 14.2 Å². The molecule has 38 heavy (non-hydrogen) atoms. The lowest BCUT2D eigenvalue weighted by molar-refractivity contribution is -0.138. The molecule has 1 aromatic heterocycles. The fourth-order valence-electron chi connectivity index (χ4n) is 4.26. The molecule has 2 aromatic carbocycles. The van der Waals surface area contributed by atoms with Crippen molar-refractivity contribution >= 4 is 11.7 Å². The average Bonchev–Trinajstić information content (AvgIpc) is 3.11. The molecule has 0 unspecified atom stereocenters. The molecular weight excluding hydrogens is 517 g/mol. The van der Waals surface area contributed by atoms with Gasteiger partial charge in [-0.1, -0.05) is 18.7 Å². The molecular formula is C27H21F7N2O2. The van der Waals surface area contributed by atoms with Crippen LogP contribution < -0.4 is 0 Å². The monoisotopic (exact) mass is 538 g/mol. The van der Waals surface area contributed by atoms with Gasteiger partial charge in [0.1, 0.15) is 11.9 Å². The fraction of sp³-hybridized carbons (Fsp3) is 0.259. The summed E-state index contributed by atoms with van der Waals surface area (Å²) in [4.78, 5) is 18.3. The summed E-state index contributed by atoms with van der Waals surface area (Å²) < 4.78 is 99.5. The number of aromatic nitrogens is 1. The van der Waals surface area contributed by atoms with E-state index in [1.54, 1.807) is 25.1 Å². The van der Waals surface area contributed by atoms with Crippen LogP contribution in [0, 0.1) is 5.82 Å². The summed E-state index contributed by atoms with van der Waals surface area (Å²) in [5.74, 6) is -1.17. The largest absolute Gasteiger partial charge is 0.439 e. The fourth-order valence-corrected chi connectivity index (χ4v) is 4.26. The van der Waals surface area contributed by atoms with Gasteiger partial charge in [-0.3, -0.25) is 4.90 Å². The van der Waals surface area contributed by atoms with Crippen LogP contribution in [0.25, 0.3) is 16.8 Å². The number of pyridine rings is 1. The van der Waals surface area contributed by atoms with Crippen molar-refractivity contribution in [2.45, 2.75) is 44.9 Å². The van der Waals surface area contributed by atoms with E-state index < -0.39 is 47.5 Å². The highest BCUT2D eigenvalue weighted by atomic mass is 19.4. The molecule has 1 aliphatic heterocycles. The first-order valence-corrected chi connectivity index (χ1v) is 11.3. The smallest absolute Gasteiger partial charge is 0.416 e. The molecule has 0 aliphatic carbocycles. The number of ether oxygens (including phenoxy) is 1. The molecule has 1 amide bonds. The van der Waals surface area contributed by atoms with Crippen molar-refractivity contribution in [1.82, 2.24) is 9.88 Å². The molecule has 4 nitrogen and oxygen atoms in total. The normalized spacial score (nSPS) is 18.0. The summed E-state index contributed by atoms with van der Waals surface area (Å²) >= 11 is 0. The molecule has 1 fully saturated rings. The number of halogens is 7. The third-order valence-electron chi connectivity index (χ3n) is 6.20. The third-order valence-corrected chi connectivity index (χ3v) is 6.20. The predicted molar refractivity (Wildman–Crippen MR) is 125 cm³/mol. The van der Waals surface area contributed by atoms with Crippen molar-refractivity contribution in [3.63, 3.8) is 0 Å². The number of allylic oxidation sites excluding steroid dienone is 1. The molecule has 1 aliphatic rings. The maximum absolute atomic E-state index is 14.0. The molecule has 0 saturated carbocycles. The second-order valence-corrected chi connectivity index (χ2v) is 9.00. The number of hydrogen-bond acceptors (Lipinski definition) is 3. The van der Waals surface area contributed by atoms with Crippen molar-refractivity contribution in [1.29, 1.82) is 0 Å². The number of nitrogens with zero attached hydrogens (tertiary/aromatic N) is 2. The second-order valence-electron chi connectivity index (χ2n) is 9.00. The van der Waals surface area contributed by atoms with Gasteiger partial charge in [0.05, 0.1) is 35.1 Å². The van der Waals surface area contributed by atoms with Crippen molar-refractivity contribution in [2.24, 2.45) is 0 Å². The average molecular weight is 538 g/mol. The van der Waals surface area contributed by atoms with Crippen molar-refractivity contribution in [3.8, 4) is 11.3 Å². The summed E-state index contributed by atoms with van der Waals surface area (Å²) in [6, 6.07) is 8.89. The van der Waals surface area contributed by atoms with Gasteiger partial charge in [0.25, 0.3) is 0 Å². The zero-order valence-electron chi connectivity index (χ0n) is 20.1. The minimum absolute atomic E-state index is 0.0888. The van der Waals surface area contributed by atoms with E-state index in [4.69, 9.17) is 4.74 Å². The Bertz CT molecular complexity index is 1400. The van der Waals surface area contributed by atoms with E-state index in [2.05, 4.69) is 11.6 Å². The Balaban J connectivity index is 1.73. The maximum atomic E-state index is 14.0. The zero-order valence-corrected chi connectivity index (χ0v) is 20.1. The molecule has 11 heteroatoms. The first kappa shape index (κ1) is 27.2. The van der Waals surface area contributed by atoms with Gasteiger partial charge in [0.2, 0.25) is 0 Å². The number of cyclic esters (lactones) is 1. The summed E-state index contributed by atoms with van der Waals surface area (Å²) in [5.41, 5.74) is -0.531. The Morgan fingerprint density at radius 2 is 1.68 bits per heavy atom. The second kappa shape index (κ2) is 9.77. The Labute approximate surface area is 213 Å².